The number of rotatable bonds is 5. The van der Waals surface area contributed by atoms with Crippen LogP contribution in [0.2, 0.25) is 0 Å². The Hall–Kier alpha value is -2.33. The number of aryl methyl sites for hydroxylation is 2. The predicted molar refractivity (Wildman–Crippen MR) is 103 cm³/mol. The maximum atomic E-state index is 12.9. The first kappa shape index (κ1) is 18.5. The highest BCUT2D eigenvalue weighted by molar-refractivity contribution is 5.93. The summed E-state index contributed by atoms with van der Waals surface area (Å²) in [5.74, 6) is 0.532. The van der Waals surface area contributed by atoms with Gasteiger partial charge < -0.3 is 14.4 Å². The van der Waals surface area contributed by atoms with E-state index in [0.717, 1.165) is 35.4 Å². The summed E-state index contributed by atoms with van der Waals surface area (Å²) >= 11 is 0. The molecule has 1 aliphatic heterocycles. The van der Waals surface area contributed by atoms with Gasteiger partial charge in [-0.15, -0.1) is 0 Å². The molecule has 0 spiro atoms. The number of cyclic esters (lactones) is 1. The lowest BCUT2D eigenvalue weighted by molar-refractivity contribution is -0.0356. The highest BCUT2D eigenvalue weighted by atomic mass is 16.6. The number of ether oxygens (including phenoxy) is 2. The smallest absolute Gasteiger partial charge is 0.339 e. The first-order chi connectivity index (χ1) is 12.3. The van der Waals surface area contributed by atoms with Gasteiger partial charge in [0.1, 0.15) is 11.4 Å². The summed E-state index contributed by atoms with van der Waals surface area (Å²) in [6, 6.07) is 12.0. The van der Waals surface area contributed by atoms with Crippen LogP contribution in [0.4, 0.5) is 0 Å². The number of fused-ring (bicyclic) bond motifs is 1. The molecule has 2 aromatic rings. The number of hydrogen-bond donors (Lipinski definition) is 0. The third-order valence-electron chi connectivity index (χ3n) is 5.26. The fraction of sp³-hybridized carbons (Fsp3) is 0.409. The summed E-state index contributed by atoms with van der Waals surface area (Å²) in [5.41, 5.74) is 4.37. The minimum absolute atomic E-state index is 0.240. The molecule has 0 radical (unpaired) electrons. The highest BCUT2D eigenvalue weighted by Crippen LogP contribution is 2.41. The van der Waals surface area contributed by atoms with Crippen molar-refractivity contribution in [3.8, 4) is 5.75 Å². The van der Waals surface area contributed by atoms with E-state index in [1.165, 1.54) is 5.56 Å². The number of esters is 1. The van der Waals surface area contributed by atoms with E-state index in [1.807, 2.05) is 51.4 Å². The molecule has 26 heavy (non-hydrogen) atoms. The van der Waals surface area contributed by atoms with Gasteiger partial charge in [0.2, 0.25) is 0 Å². The Labute approximate surface area is 155 Å². The van der Waals surface area contributed by atoms with Crippen molar-refractivity contribution in [1.82, 2.24) is 4.90 Å². The van der Waals surface area contributed by atoms with Gasteiger partial charge in [0, 0.05) is 19.4 Å². The van der Waals surface area contributed by atoms with Crippen molar-refractivity contribution in [2.24, 2.45) is 0 Å². The Morgan fingerprint density at radius 2 is 1.88 bits per heavy atom. The Kier molecular flexibility index (Phi) is 5.05. The fourth-order valence-corrected chi connectivity index (χ4v) is 3.54. The van der Waals surface area contributed by atoms with Gasteiger partial charge in [-0.3, -0.25) is 0 Å². The summed E-state index contributed by atoms with van der Waals surface area (Å²) in [4.78, 5) is 15.0. The molecule has 0 aliphatic carbocycles. The van der Waals surface area contributed by atoms with Crippen molar-refractivity contribution in [3.63, 3.8) is 0 Å². The highest BCUT2D eigenvalue weighted by Gasteiger charge is 2.42. The molecule has 1 aliphatic rings. The number of benzene rings is 2. The molecule has 4 heteroatoms. The molecule has 0 N–H and O–H groups in total. The van der Waals surface area contributed by atoms with Crippen LogP contribution < -0.4 is 4.74 Å². The zero-order chi connectivity index (χ0) is 18.9. The lowest BCUT2D eigenvalue weighted by Gasteiger charge is -2.39. The molecule has 0 aromatic heterocycles. The monoisotopic (exact) mass is 353 g/mol. The van der Waals surface area contributed by atoms with Crippen LogP contribution in [0.15, 0.2) is 36.4 Å². The molecule has 0 fully saturated rings. The molecular weight excluding hydrogens is 326 g/mol. The van der Waals surface area contributed by atoms with Gasteiger partial charge in [-0.2, -0.15) is 0 Å². The molecule has 1 atom stereocenters. The first-order valence-electron chi connectivity index (χ1n) is 8.97. The Morgan fingerprint density at radius 3 is 2.58 bits per heavy atom. The van der Waals surface area contributed by atoms with Crippen LogP contribution in [-0.4, -0.2) is 38.6 Å². The van der Waals surface area contributed by atoms with Crippen molar-refractivity contribution in [3.05, 3.63) is 64.2 Å². The van der Waals surface area contributed by atoms with Crippen molar-refractivity contribution in [2.45, 2.75) is 32.3 Å². The van der Waals surface area contributed by atoms with Crippen LogP contribution in [0.25, 0.3) is 0 Å². The summed E-state index contributed by atoms with van der Waals surface area (Å²) in [6.45, 7) is 4.94. The van der Waals surface area contributed by atoms with Gasteiger partial charge in [-0.25, -0.2) is 4.79 Å². The van der Waals surface area contributed by atoms with E-state index in [2.05, 4.69) is 17.9 Å². The van der Waals surface area contributed by atoms with Gasteiger partial charge in [-0.05, 0) is 68.4 Å². The second-order valence-corrected chi connectivity index (χ2v) is 7.44. The molecule has 0 amide bonds. The van der Waals surface area contributed by atoms with Crippen LogP contribution in [0.1, 0.15) is 39.0 Å². The van der Waals surface area contributed by atoms with Gasteiger partial charge >= 0.3 is 5.97 Å². The molecule has 0 saturated carbocycles. The first-order valence-corrected chi connectivity index (χ1v) is 8.97. The van der Waals surface area contributed by atoms with Crippen molar-refractivity contribution < 1.29 is 14.3 Å². The largest absolute Gasteiger partial charge is 0.497 e. The van der Waals surface area contributed by atoms with Crippen molar-refractivity contribution in [1.29, 1.82) is 0 Å². The average Bonchev–Trinajstić information content (AvgIpc) is 2.62. The van der Waals surface area contributed by atoms with Crippen LogP contribution >= 0.6 is 0 Å². The molecule has 1 heterocycles. The summed E-state index contributed by atoms with van der Waals surface area (Å²) in [6.07, 6.45) is 1.40. The van der Waals surface area contributed by atoms with Crippen molar-refractivity contribution >= 4 is 5.97 Å². The number of carbonyl (C=O) groups is 1. The van der Waals surface area contributed by atoms with Crippen LogP contribution in [-0.2, 0) is 16.8 Å². The SMILES string of the molecule is COc1cccc(C2(CCN(C)C)Cc3cc(C)c(C)cc3C(=O)O2)c1. The van der Waals surface area contributed by atoms with Crippen LogP contribution in [0, 0.1) is 13.8 Å². The van der Waals surface area contributed by atoms with E-state index < -0.39 is 5.60 Å². The Balaban J connectivity index is 2.09. The van der Waals surface area contributed by atoms with E-state index in [9.17, 15) is 4.79 Å². The Bertz CT molecular complexity index is 828. The zero-order valence-corrected chi connectivity index (χ0v) is 16.3. The predicted octanol–water partition coefficient (Wildman–Crippen LogP) is 3.87. The third-order valence-corrected chi connectivity index (χ3v) is 5.26. The number of nitrogens with zero attached hydrogens (tertiary/aromatic N) is 1. The third kappa shape index (κ3) is 3.47. The minimum atomic E-state index is -0.676. The van der Waals surface area contributed by atoms with Gasteiger partial charge in [0.25, 0.3) is 0 Å². The van der Waals surface area contributed by atoms with Crippen molar-refractivity contribution in [2.75, 3.05) is 27.7 Å². The molecule has 0 saturated heterocycles. The molecular formula is C22H27NO3. The molecule has 2 aromatic carbocycles. The second kappa shape index (κ2) is 7.12. The molecule has 0 bridgehead atoms. The molecule has 138 valence electrons. The van der Waals surface area contributed by atoms with E-state index in [4.69, 9.17) is 9.47 Å². The quantitative estimate of drug-likeness (QED) is 0.765. The van der Waals surface area contributed by atoms with Crippen LogP contribution in [0.5, 0.6) is 5.75 Å². The normalized spacial score (nSPS) is 19.2. The molecule has 1 unspecified atom stereocenters. The standard InChI is InChI=1S/C22H27NO3/c1-15-11-17-14-22(9-10-23(3)4,18-7-6-8-19(13-18)25-5)26-21(24)20(17)12-16(15)2/h6-8,11-13H,9-10,14H2,1-5H3. The van der Waals surface area contributed by atoms with E-state index >= 15 is 0 Å². The number of carbonyl (C=O) groups excluding carboxylic acids is 1. The van der Waals surface area contributed by atoms with Crippen LogP contribution in [0.3, 0.4) is 0 Å². The average molecular weight is 353 g/mol. The van der Waals surface area contributed by atoms with Gasteiger partial charge in [0.15, 0.2) is 0 Å². The maximum absolute atomic E-state index is 12.9. The zero-order valence-electron chi connectivity index (χ0n) is 16.3. The van der Waals surface area contributed by atoms with E-state index in [1.54, 1.807) is 7.11 Å². The van der Waals surface area contributed by atoms with Gasteiger partial charge in [-0.1, -0.05) is 18.2 Å². The fourth-order valence-electron chi connectivity index (χ4n) is 3.54. The Morgan fingerprint density at radius 1 is 1.15 bits per heavy atom. The second-order valence-electron chi connectivity index (χ2n) is 7.44. The number of hydrogen-bond acceptors (Lipinski definition) is 4. The summed E-state index contributed by atoms with van der Waals surface area (Å²) < 4.78 is 11.5. The summed E-state index contributed by atoms with van der Waals surface area (Å²) in [7, 11) is 5.72. The van der Waals surface area contributed by atoms with Gasteiger partial charge in [0.05, 0.1) is 12.7 Å². The minimum Gasteiger partial charge on any atom is -0.497 e. The maximum Gasteiger partial charge on any atom is 0.339 e. The van der Waals surface area contributed by atoms with E-state index in [-0.39, 0.29) is 5.97 Å². The lowest BCUT2D eigenvalue weighted by Crippen LogP contribution is -2.41. The lowest BCUT2D eigenvalue weighted by atomic mass is 9.80. The topological polar surface area (TPSA) is 38.8 Å². The molecule has 4 nitrogen and oxygen atoms in total. The van der Waals surface area contributed by atoms with E-state index in [0.29, 0.717) is 12.0 Å². The number of methoxy groups -OCH3 is 1. The molecule has 3 rings (SSSR count). The summed E-state index contributed by atoms with van der Waals surface area (Å²) in [5, 5.41) is 0.